The number of thioether (sulfide) groups is 1. The average Bonchev–Trinajstić information content (AvgIpc) is 3.17. The minimum Gasteiger partial charge on any atom is -0.493 e. The standard InChI is InChI=1S/C25H31F2N3OS.C4H4O4.H2O/c1-29(25-28-17-19-6-2-3-7-20(19)18-32-25)21-10-13-30(14-11-21)12-4-5-15-31-22-8-9-23(26)24(27)16-22;5-3(6)1-2-4(7)8;/h2-3,6-9,16,21H,4-5,10-15,17-18H2,1H3;1-2H,(H,5,6)(H,7,8);1H2/b;2-1+;. The maximum absolute atomic E-state index is 13.2. The topological polar surface area (TPSA) is 134 Å². The maximum Gasteiger partial charge on any atom is 0.328 e. The Hall–Kier alpha value is -3.48. The summed E-state index contributed by atoms with van der Waals surface area (Å²) >= 11 is 1.85. The molecule has 9 nitrogen and oxygen atoms in total. The first-order chi connectivity index (χ1) is 19.2. The van der Waals surface area contributed by atoms with Crippen LogP contribution >= 0.6 is 11.8 Å². The molecule has 2 aromatic carbocycles. The van der Waals surface area contributed by atoms with Gasteiger partial charge < -0.3 is 30.2 Å². The Morgan fingerprint density at radius 2 is 1.71 bits per heavy atom. The van der Waals surface area contributed by atoms with E-state index in [4.69, 9.17) is 19.9 Å². The van der Waals surface area contributed by atoms with E-state index in [2.05, 4.69) is 41.1 Å². The van der Waals surface area contributed by atoms with Crippen molar-refractivity contribution in [2.24, 2.45) is 4.99 Å². The Labute approximate surface area is 242 Å². The minimum absolute atomic E-state index is 0. The van der Waals surface area contributed by atoms with Crippen LogP contribution in [0.25, 0.3) is 0 Å². The summed E-state index contributed by atoms with van der Waals surface area (Å²) in [5, 5.41) is 16.8. The van der Waals surface area contributed by atoms with Crippen molar-refractivity contribution >= 4 is 28.9 Å². The van der Waals surface area contributed by atoms with Crippen LogP contribution in [0.5, 0.6) is 5.75 Å². The second-order valence-electron chi connectivity index (χ2n) is 9.48. The molecule has 0 bridgehead atoms. The van der Waals surface area contributed by atoms with Crippen LogP contribution in [0.15, 0.2) is 59.6 Å². The van der Waals surface area contributed by atoms with Crippen molar-refractivity contribution in [3.8, 4) is 5.75 Å². The number of fused-ring (bicyclic) bond motifs is 1. The average molecular weight is 594 g/mol. The number of aliphatic imine (C=N–C) groups is 1. The van der Waals surface area contributed by atoms with Crippen molar-refractivity contribution in [2.75, 3.05) is 33.3 Å². The molecule has 4 rings (SSSR count). The van der Waals surface area contributed by atoms with Crippen LogP contribution < -0.4 is 4.74 Å². The molecule has 12 heteroatoms. The van der Waals surface area contributed by atoms with E-state index in [0.717, 1.165) is 74.9 Å². The van der Waals surface area contributed by atoms with Gasteiger partial charge in [-0.15, -0.1) is 0 Å². The maximum atomic E-state index is 13.2. The van der Waals surface area contributed by atoms with Gasteiger partial charge in [-0.25, -0.2) is 18.4 Å². The van der Waals surface area contributed by atoms with Crippen LogP contribution in [0.3, 0.4) is 0 Å². The molecule has 41 heavy (non-hydrogen) atoms. The highest BCUT2D eigenvalue weighted by Gasteiger charge is 2.25. The highest BCUT2D eigenvalue weighted by molar-refractivity contribution is 8.13. The van der Waals surface area contributed by atoms with Crippen molar-refractivity contribution in [3.63, 3.8) is 0 Å². The number of hydrogen-bond donors (Lipinski definition) is 2. The van der Waals surface area contributed by atoms with Gasteiger partial charge in [0.15, 0.2) is 16.8 Å². The zero-order chi connectivity index (χ0) is 28.9. The molecule has 4 N–H and O–H groups in total. The lowest BCUT2D eigenvalue weighted by Gasteiger charge is -2.37. The number of likely N-dealkylation sites (tertiary alicyclic amines) is 1. The number of halogens is 2. The summed E-state index contributed by atoms with van der Waals surface area (Å²) < 4.78 is 31.7. The molecule has 2 aromatic rings. The number of amidine groups is 1. The molecule has 2 heterocycles. The highest BCUT2D eigenvalue weighted by atomic mass is 32.2. The van der Waals surface area contributed by atoms with Crippen molar-refractivity contribution < 1.29 is 38.8 Å². The SMILES string of the molecule is CN(C1=NCc2ccccc2CS1)C1CCN(CCCCOc2ccc(F)c(F)c2)CC1.O.O=C(O)/C=C/C(=O)O. The third-order valence-corrected chi connectivity index (χ3v) is 7.79. The molecular formula is C29H37F2N3O6S. The number of carboxylic acids is 2. The summed E-state index contributed by atoms with van der Waals surface area (Å²) in [6, 6.07) is 12.8. The number of aliphatic carboxylic acids is 2. The Morgan fingerprint density at radius 1 is 1.05 bits per heavy atom. The summed E-state index contributed by atoms with van der Waals surface area (Å²) in [6.07, 6.45) is 5.34. The zero-order valence-electron chi connectivity index (χ0n) is 23.0. The molecule has 2 aliphatic heterocycles. The van der Waals surface area contributed by atoms with E-state index < -0.39 is 23.6 Å². The van der Waals surface area contributed by atoms with Crippen LogP contribution in [0.1, 0.15) is 36.8 Å². The van der Waals surface area contributed by atoms with Gasteiger partial charge in [-0.2, -0.15) is 0 Å². The number of ether oxygens (including phenoxy) is 1. The van der Waals surface area contributed by atoms with Crippen LogP contribution in [0, 0.1) is 11.6 Å². The fourth-order valence-corrected chi connectivity index (χ4v) is 5.50. The lowest BCUT2D eigenvalue weighted by molar-refractivity contribution is -0.134. The lowest BCUT2D eigenvalue weighted by atomic mass is 10.0. The monoisotopic (exact) mass is 593 g/mol. The van der Waals surface area contributed by atoms with Crippen LogP contribution in [0.4, 0.5) is 8.78 Å². The van der Waals surface area contributed by atoms with Gasteiger partial charge in [-0.3, -0.25) is 4.99 Å². The van der Waals surface area contributed by atoms with E-state index in [0.29, 0.717) is 30.6 Å². The predicted octanol–water partition coefficient (Wildman–Crippen LogP) is 4.21. The van der Waals surface area contributed by atoms with E-state index in [1.165, 1.54) is 17.2 Å². The van der Waals surface area contributed by atoms with E-state index in [-0.39, 0.29) is 5.48 Å². The van der Waals surface area contributed by atoms with E-state index in [1.54, 1.807) is 0 Å². The largest absolute Gasteiger partial charge is 0.493 e. The number of rotatable bonds is 9. The highest BCUT2D eigenvalue weighted by Crippen LogP contribution is 2.27. The van der Waals surface area contributed by atoms with Gasteiger partial charge in [0.25, 0.3) is 0 Å². The normalized spacial score (nSPS) is 15.4. The molecule has 2 aliphatic rings. The fraction of sp³-hybridized carbons (Fsp3) is 0.414. The Bertz CT molecular complexity index is 1190. The molecule has 1 fully saturated rings. The minimum atomic E-state index is -1.26. The van der Waals surface area contributed by atoms with Gasteiger partial charge in [-0.1, -0.05) is 36.0 Å². The second kappa shape index (κ2) is 17.4. The first kappa shape index (κ1) is 33.7. The Balaban J connectivity index is 0.000000574. The third-order valence-electron chi connectivity index (χ3n) is 6.66. The van der Waals surface area contributed by atoms with Crippen LogP contribution in [-0.4, -0.2) is 81.9 Å². The number of hydrogen-bond acceptors (Lipinski definition) is 7. The number of unbranched alkanes of at least 4 members (excludes halogenated alkanes) is 1. The summed E-state index contributed by atoms with van der Waals surface area (Å²) in [5.74, 6) is -2.85. The summed E-state index contributed by atoms with van der Waals surface area (Å²) in [6.45, 7) is 4.52. The molecule has 0 spiro atoms. The molecular weight excluding hydrogens is 556 g/mol. The Kier molecular flexibility index (Phi) is 14.3. The molecule has 1 saturated heterocycles. The molecule has 0 saturated carbocycles. The lowest BCUT2D eigenvalue weighted by Crippen LogP contribution is -2.45. The van der Waals surface area contributed by atoms with Gasteiger partial charge in [-0.05, 0) is 55.5 Å². The van der Waals surface area contributed by atoms with Crippen molar-refractivity contribution in [1.29, 1.82) is 0 Å². The predicted molar refractivity (Wildman–Crippen MR) is 155 cm³/mol. The smallest absolute Gasteiger partial charge is 0.328 e. The first-order valence-electron chi connectivity index (χ1n) is 13.1. The fourth-order valence-electron chi connectivity index (χ4n) is 4.43. The van der Waals surface area contributed by atoms with Gasteiger partial charge in [0.1, 0.15) is 5.75 Å². The van der Waals surface area contributed by atoms with Gasteiger partial charge >= 0.3 is 11.9 Å². The van der Waals surface area contributed by atoms with Crippen molar-refractivity contribution in [2.45, 2.75) is 44.0 Å². The number of carbonyl (C=O) groups is 2. The molecule has 0 amide bonds. The molecule has 0 atom stereocenters. The molecule has 0 radical (unpaired) electrons. The summed E-state index contributed by atoms with van der Waals surface area (Å²) in [4.78, 5) is 28.9. The van der Waals surface area contributed by atoms with Gasteiger partial charge in [0.05, 0.1) is 13.2 Å². The molecule has 0 aliphatic carbocycles. The van der Waals surface area contributed by atoms with Gasteiger partial charge in [0, 0.05) is 50.2 Å². The molecule has 0 aromatic heterocycles. The van der Waals surface area contributed by atoms with Crippen molar-refractivity contribution in [1.82, 2.24) is 9.80 Å². The Morgan fingerprint density at radius 3 is 2.34 bits per heavy atom. The van der Waals surface area contributed by atoms with E-state index >= 15 is 0 Å². The molecule has 224 valence electrons. The number of benzene rings is 2. The van der Waals surface area contributed by atoms with Crippen LogP contribution in [0.2, 0.25) is 0 Å². The van der Waals surface area contributed by atoms with Gasteiger partial charge in [0.2, 0.25) is 0 Å². The number of piperidine rings is 1. The van der Waals surface area contributed by atoms with Crippen LogP contribution in [-0.2, 0) is 21.9 Å². The van der Waals surface area contributed by atoms with Crippen molar-refractivity contribution in [3.05, 3.63) is 77.4 Å². The zero-order valence-corrected chi connectivity index (χ0v) is 23.8. The second-order valence-corrected chi connectivity index (χ2v) is 10.4. The third kappa shape index (κ3) is 11.5. The number of nitrogens with zero attached hydrogens (tertiary/aromatic N) is 3. The summed E-state index contributed by atoms with van der Waals surface area (Å²) in [5.41, 5.74) is 2.74. The summed E-state index contributed by atoms with van der Waals surface area (Å²) in [7, 11) is 2.19. The quantitative estimate of drug-likeness (QED) is 0.326. The number of carboxylic acid groups (broad SMARTS) is 2. The van der Waals surface area contributed by atoms with E-state index in [1.807, 2.05) is 11.8 Å². The van der Waals surface area contributed by atoms with E-state index in [9.17, 15) is 18.4 Å². The first-order valence-corrected chi connectivity index (χ1v) is 14.1. The molecule has 0 unspecified atom stereocenters.